The zero-order chi connectivity index (χ0) is 14.1. The Morgan fingerprint density at radius 2 is 1.75 bits per heavy atom. The van der Waals surface area contributed by atoms with Crippen molar-refractivity contribution < 1.29 is 9.18 Å². The van der Waals surface area contributed by atoms with E-state index in [9.17, 15) is 9.18 Å². The third-order valence-electron chi connectivity index (χ3n) is 4.90. The first-order valence-corrected chi connectivity index (χ1v) is 7.45. The highest BCUT2D eigenvalue weighted by Gasteiger charge is 2.40. The van der Waals surface area contributed by atoms with Crippen molar-refractivity contribution in [1.82, 2.24) is 0 Å². The van der Waals surface area contributed by atoms with Gasteiger partial charge in [0.05, 0.1) is 0 Å². The standard InChI is InChI=1S/C16H21FN2O/c17-13-4-6-14(7-5-13)19-16(20)12-8-10-2-1-3-11(9-12)15(10)18/h4-7,10-12,15H,1-3,8-9,18H2,(H,19,20). The molecular weight excluding hydrogens is 255 g/mol. The number of fused-ring (bicyclic) bond motifs is 2. The van der Waals surface area contributed by atoms with Crippen LogP contribution in [-0.2, 0) is 4.79 Å². The summed E-state index contributed by atoms with van der Waals surface area (Å²) in [6, 6.07) is 6.20. The van der Waals surface area contributed by atoms with Crippen LogP contribution in [-0.4, -0.2) is 11.9 Å². The van der Waals surface area contributed by atoms with Crippen molar-refractivity contribution in [2.75, 3.05) is 5.32 Å². The van der Waals surface area contributed by atoms with Gasteiger partial charge in [0, 0.05) is 17.6 Å². The summed E-state index contributed by atoms with van der Waals surface area (Å²) >= 11 is 0. The SMILES string of the molecule is NC1C2CCCC1CC(C(=O)Nc1ccc(F)cc1)C2. The Kier molecular flexibility index (Phi) is 3.74. The molecule has 2 atom stereocenters. The second kappa shape index (κ2) is 5.52. The summed E-state index contributed by atoms with van der Waals surface area (Å²) in [5, 5.41) is 2.90. The minimum Gasteiger partial charge on any atom is -0.327 e. The molecular formula is C16H21FN2O. The molecule has 0 saturated heterocycles. The van der Waals surface area contributed by atoms with Gasteiger partial charge >= 0.3 is 0 Å². The molecule has 0 aromatic heterocycles. The first-order chi connectivity index (χ1) is 9.63. The van der Waals surface area contributed by atoms with Crippen LogP contribution in [0.15, 0.2) is 24.3 Å². The van der Waals surface area contributed by atoms with Crippen LogP contribution in [0.25, 0.3) is 0 Å². The van der Waals surface area contributed by atoms with E-state index < -0.39 is 0 Å². The maximum Gasteiger partial charge on any atom is 0.227 e. The van der Waals surface area contributed by atoms with Gasteiger partial charge in [0.25, 0.3) is 0 Å². The van der Waals surface area contributed by atoms with E-state index in [1.54, 1.807) is 12.1 Å². The molecule has 0 radical (unpaired) electrons. The number of hydrogen-bond acceptors (Lipinski definition) is 2. The molecule has 2 saturated carbocycles. The Morgan fingerprint density at radius 3 is 2.35 bits per heavy atom. The molecule has 3 rings (SSSR count). The van der Waals surface area contributed by atoms with Crippen molar-refractivity contribution in [3.05, 3.63) is 30.1 Å². The van der Waals surface area contributed by atoms with Gasteiger partial charge in [-0.3, -0.25) is 4.79 Å². The molecule has 2 bridgehead atoms. The smallest absolute Gasteiger partial charge is 0.227 e. The summed E-state index contributed by atoms with van der Waals surface area (Å²) in [5.41, 5.74) is 6.91. The van der Waals surface area contributed by atoms with Gasteiger partial charge < -0.3 is 11.1 Å². The third kappa shape index (κ3) is 2.70. The minimum absolute atomic E-state index is 0.0511. The summed E-state index contributed by atoms with van der Waals surface area (Å²) in [6.07, 6.45) is 5.33. The Bertz CT molecular complexity index is 474. The molecule has 108 valence electrons. The van der Waals surface area contributed by atoms with Gasteiger partial charge in [0.2, 0.25) is 5.91 Å². The monoisotopic (exact) mass is 276 g/mol. The van der Waals surface area contributed by atoms with Crippen molar-refractivity contribution in [1.29, 1.82) is 0 Å². The average molecular weight is 276 g/mol. The van der Waals surface area contributed by atoms with Crippen molar-refractivity contribution in [3.8, 4) is 0 Å². The molecule has 3 nitrogen and oxygen atoms in total. The molecule has 1 aromatic rings. The van der Waals surface area contributed by atoms with Crippen molar-refractivity contribution >= 4 is 11.6 Å². The predicted molar refractivity (Wildman–Crippen MR) is 76.6 cm³/mol. The highest BCUT2D eigenvalue weighted by atomic mass is 19.1. The first-order valence-electron chi connectivity index (χ1n) is 7.45. The van der Waals surface area contributed by atoms with E-state index in [0.29, 0.717) is 17.5 Å². The van der Waals surface area contributed by atoms with Crippen LogP contribution >= 0.6 is 0 Å². The Morgan fingerprint density at radius 1 is 1.15 bits per heavy atom. The Labute approximate surface area is 118 Å². The molecule has 0 heterocycles. The van der Waals surface area contributed by atoms with Gasteiger partial charge in [-0.15, -0.1) is 0 Å². The van der Waals surface area contributed by atoms with E-state index in [4.69, 9.17) is 5.73 Å². The lowest BCUT2D eigenvalue weighted by molar-refractivity contribution is -0.122. The molecule has 20 heavy (non-hydrogen) atoms. The van der Waals surface area contributed by atoms with Crippen molar-refractivity contribution in [3.63, 3.8) is 0 Å². The number of halogens is 1. The lowest BCUT2D eigenvalue weighted by Gasteiger charge is -2.43. The molecule has 2 aliphatic carbocycles. The van der Waals surface area contributed by atoms with Crippen LogP contribution in [0.3, 0.4) is 0 Å². The predicted octanol–water partition coefficient (Wildman–Crippen LogP) is 2.92. The zero-order valence-corrected chi connectivity index (χ0v) is 11.5. The zero-order valence-electron chi connectivity index (χ0n) is 11.5. The minimum atomic E-state index is -0.291. The molecule has 2 fully saturated rings. The first kappa shape index (κ1) is 13.6. The van der Waals surface area contributed by atoms with Gasteiger partial charge in [-0.05, 0) is 61.8 Å². The fraction of sp³-hybridized carbons (Fsp3) is 0.562. The lowest BCUT2D eigenvalue weighted by atomic mass is 9.65. The van der Waals surface area contributed by atoms with Crippen LogP contribution in [0, 0.1) is 23.6 Å². The molecule has 2 aliphatic rings. The number of nitrogens with one attached hydrogen (secondary N) is 1. The van der Waals surface area contributed by atoms with Gasteiger partial charge in [-0.2, -0.15) is 0 Å². The van der Waals surface area contributed by atoms with E-state index in [1.807, 2.05) is 0 Å². The Hall–Kier alpha value is -1.42. The second-order valence-electron chi connectivity index (χ2n) is 6.19. The molecule has 3 N–H and O–H groups in total. The van der Waals surface area contributed by atoms with Gasteiger partial charge in [0.15, 0.2) is 0 Å². The number of rotatable bonds is 2. The maximum absolute atomic E-state index is 12.9. The molecule has 1 aromatic carbocycles. The average Bonchev–Trinajstić information content (AvgIpc) is 2.41. The van der Waals surface area contributed by atoms with Gasteiger partial charge in [-0.1, -0.05) is 6.42 Å². The second-order valence-corrected chi connectivity index (χ2v) is 6.19. The summed E-state index contributed by atoms with van der Waals surface area (Å²) < 4.78 is 12.9. The molecule has 0 aliphatic heterocycles. The number of benzene rings is 1. The number of anilines is 1. The fourth-order valence-electron chi connectivity index (χ4n) is 3.78. The van der Waals surface area contributed by atoms with Crippen LogP contribution in [0.1, 0.15) is 32.1 Å². The normalized spacial score (nSPS) is 32.7. The summed E-state index contributed by atoms with van der Waals surface area (Å²) in [4.78, 5) is 12.3. The quantitative estimate of drug-likeness (QED) is 0.872. The summed E-state index contributed by atoms with van der Waals surface area (Å²) in [5.74, 6) is 0.801. The molecule has 2 unspecified atom stereocenters. The highest BCUT2D eigenvalue weighted by molar-refractivity contribution is 5.92. The van der Waals surface area contributed by atoms with Gasteiger partial charge in [-0.25, -0.2) is 4.39 Å². The van der Waals surface area contributed by atoms with Crippen molar-refractivity contribution in [2.45, 2.75) is 38.1 Å². The van der Waals surface area contributed by atoms with E-state index >= 15 is 0 Å². The topological polar surface area (TPSA) is 55.1 Å². The lowest BCUT2D eigenvalue weighted by Crippen LogP contribution is -2.48. The van der Waals surface area contributed by atoms with Crippen LogP contribution in [0.2, 0.25) is 0 Å². The maximum atomic E-state index is 12.9. The van der Waals surface area contributed by atoms with E-state index in [1.165, 1.54) is 18.6 Å². The van der Waals surface area contributed by atoms with Crippen molar-refractivity contribution in [2.24, 2.45) is 23.5 Å². The van der Waals surface area contributed by atoms with Gasteiger partial charge in [0.1, 0.15) is 5.82 Å². The van der Waals surface area contributed by atoms with E-state index in [-0.39, 0.29) is 23.7 Å². The van der Waals surface area contributed by atoms with E-state index in [0.717, 1.165) is 25.7 Å². The number of carbonyl (C=O) groups excluding carboxylic acids is 1. The van der Waals surface area contributed by atoms with Crippen LogP contribution in [0.5, 0.6) is 0 Å². The molecule has 0 spiro atoms. The number of nitrogens with two attached hydrogens (primary N) is 1. The third-order valence-corrected chi connectivity index (χ3v) is 4.90. The van der Waals surface area contributed by atoms with E-state index in [2.05, 4.69) is 5.32 Å². The molecule has 1 amide bonds. The number of carbonyl (C=O) groups is 1. The fourth-order valence-corrected chi connectivity index (χ4v) is 3.78. The number of amides is 1. The Balaban J connectivity index is 1.64. The molecule has 4 heteroatoms. The largest absolute Gasteiger partial charge is 0.327 e. The van der Waals surface area contributed by atoms with Crippen LogP contribution in [0.4, 0.5) is 10.1 Å². The van der Waals surface area contributed by atoms with Crippen LogP contribution < -0.4 is 11.1 Å². The number of hydrogen-bond donors (Lipinski definition) is 2. The summed E-state index contributed by atoms with van der Waals surface area (Å²) in [7, 11) is 0. The summed E-state index contributed by atoms with van der Waals surface area (Å²) in [6.45, 7) is 0. The highest BCUT2D eigenvalue weighted by Crippen LogP contribution is 2.42.